The van der Waals surface area contributed by atoms with Gasteiger partial charge in [0.15, 0.2) is 0 Å². The van der Waals surface area contributed by atoms with Gasteiger partial charge < -0.3 is 10.2 Å². The van der Waals surface area contributed by atoms with Gasteiger partial charge >= 0.3 is 0 Å². The number of nitrogens with one attached hydrogen (secondary N) is 3. The Morgan fingerprint density at radius 1 is 1.13 bits per heavy atom. The number of carbonyl (C=O) groups excluding carboxylic acids is 1. The maximum absolute atomic E-state index is 13.3. The molecule has 4 unspecified atom stereocenters. The van der Waals surface area contributed by atoms with Crippen molar-refractivity contribution in [3.63, 3.8) is 0 Å². The van der Waals surface area contributed by atoms with Crippen molar-refractivity contribution in [2.45, 2.75) is 37.4 Å². The van der Waals surface area contributed by atoms with E-state index >= 15 is 0 Å². The van der Waals surface area contributed by atoms with E-state index in [4.69, 9.17) is 11.6 Å². The lowest BCUT2D eigenvalue weighted by atomic mass is 9.93. The van der Waals surface area contributed by atoms with Crippen molar-refractivity contribution in [2.75, 3.05) is 19.6 Å². The van der Waals surface area contributed by atoms with E-state index in [2.05, 4.69) is 21.1 Å². The average molecular weight is 335 g/mol. The van der Waals surface area contributed by atoms with Crippen molar-refractivity contribution in [3.05, 3.63) is 34.9 Å². The summed E-state index contributed by atoms with van der Waals surface area (Å²) in [6.45, 7) is 2.59. The molecule has 3 aliphatic heterocycles. The van der Waals surface area contributed by atoms with Crippen LogP contribution in [0.1, 0.15) is 30.9 Å². The molecule has 0 aliphatic carbocycles. The van der Waals surface area contributed by atoms with Crippen LogP contribution in [0.25, 0.3) is 0 Å². The lowest BCUT2D eigenvalue weighted by Gasteiger charge is -2.32. The van der Waals surface area contributed by atoms with Crippen LogP contribution in [0.2, 0.25) is 5.02 Å². The Hall–Kier alpha value is -1.14. The summed E-state index contributed by atoms with van der Waals surface area (Å²) < 4.78 is 0. The first-order chi connectivity index (χ1) is 11.3. The highest BCUT2D eigenvalue weighted by atomic mass is 35.5. The molecule has 5 nitrogen and oxygen atoms in total. The molecule has 3 fully saturated rings. The number of carbonyl (C=O) groups is 1. The summed E-state index contributed by atoms with van der Waals surface area (Å²) in [4.78, 5) is 15.5. The monoisotopic (exact) mass is 334 g/mol. The molecule has 0 radical (unpaired) electrons. The third kappa shape index (κ3) is 2.76. The smallest absolute Gasteiger partial charge is 0.229 e. The molecule has 6 heteroatoms. The summed E-state index contributed by atoms with van der Waals surface area (Å²) in [5.74, 6) is 0.166. The summed E-state index contributed by atoms with van der Waals surface area (Å²) in [7, 11) is 0. The van der Waals surface area contributed by atoms with E-state index in [0.29, 0.717) is 23.7 Å². The Morgan fingerprint density at radius 3 is 2.83 bits per heavy atom. The van der Waals surface area contributed by atoms with Gasteiger partial charge in [-0.2, -0.15) is 0 Å². The summed E-state index contributed by atoms with van der Waals surface area (Å²) in [5.41, 5.74) is 7.41. The second-order valence-corrected chi connectivity index (χ2v) is 7.16. The van der Waals surface area contributed by atoms with E-state index in [-0.39, 0.29) is 17.9 Å². The zero-order valence-electron chi connectivity index (χ0n) is 13.1. The predicted molar refractivity (Wildman–Crippen MR) is 90.0 cm³/mol. The highest BCUT2D eigenvalue weighted by Gasteiger charge is 2.44. The number of hydrogen-bond donors (Lipinski definition) is 3. The molecular formula is C17H23ClN4O. The number of rotatable bonds is 2. The molecule has 0 aromatic heterocycles. The molecule has 0 saturated carbocycles. The fraction of sp³-hybridized carbons (Fsp3) is 0.588. The number of hydrogen-bond acceptors (Lipinski definition) is 4. The van der Waals surface area contributed by atoms with E-state index < -0.39 is 0 Å². The van der Waals surface area contributed by atoms with E-state index in [9.17, 15) is 4.79 Å². The van der Waals surface area contributed by atoms with Crippen LogP contribution in [0, 0.1) is 5.92 Å². The SMILES string of the molecule is O=C(C1CNNC1c1ccccc1Cl)N1C2CCNCC1CC2. The molecule has 2 bridgehead atoms. The average Bonchev–Trinajstić information content (AvgIpc) is 3.11. The fourth-order valence-corrected chi connectivity index (χ4v) is 4.54. The van der Waals surface area contributed by atoms with Gasteiger partial charge in [-0.1, -0.05) is 29.8 Å². The quantitative estimate of drug-likeness (QED) is 0.766. The van der Waals surface area contributed by atoms with Gasteiger partial charge in [0.1, 0.15) is 0 Å². The van der Waals surface area contributed by atoms with Gasteiger partial charge in [-0.05, 0) is 37.4 Å². The summed E-state index contributed by atoms with van der Waals surface area (Å²) in [6.07, 6.45) is 3.32. The maximum Gasteiger partial charge on any atom is 0.229 e. The number of hydrazine groups is 1. The lowest BCUT2D eigenvalue weighted by molar-refractivity contribution is -0.138. The van der Waals surface area contributed by atoms with Crippen molar-refractivity contribution in [1.82, 2.24) is 21.1 Å². The zero-order valence-corrected chi connectivity index (χ0v) is 13.9. The van der Waals surface area contributed by atoms with Crippen molar-refractivity contribution < 1.29 is 4.79 Å². The first-order valence-corrected chi connectivity index (χ1v) is 8.89. The first kappa shape index (κ1) is 15.4. The summed E-state index contributed by atoms with van der Waals surface area (Å²) in [6, 6.07) is 8.47. The van der Waals surface area contributed by atoms with Crippen molar-refractivity contribution >= 4 is 17.5 Å². The van der Waals surface area contributed by atoms with Crippen LogP contribution >= 0.6 is 11.6 Å². The summed E-state index contributed by atoms with van der Waals surface area (Å²) >= 11 is 6.35. The second-order valence-electron chi connectivity index (χ2n) is 6.75. The topological polar surface area (TPSA) is 56.4 Å². The number of benzene rings is 1. The lowest BCUT2D eigenvalue weighted by Crippen LogP contribution is -2.47. The minimum atomic E-state index is -0.101. The predicted octanol–water partition coefficient (Wildman–Crippen LogP) is 1.46. The minimum absolute atomic E-state index is 0.0631. The standard InChI is InChI=1S/C17H23ClN4O/c18-15-4-2-1-3-13(15)16-14(10-20-21-16)17(23)22-11-5-6-12(22)9-19-8-7-11/h1-4,11-12,14,16,19-21H,5-10H2. The van der Waals surface area contributed by atoms with Crippen LogP contribution < -0.4 is 16.2 Å². The molecule has 3 saturated heterocycles. The zero-order chi connectivity index (χ0) is 15.8. The van der Waals surface area contributed by atoms with Crippen molar-refractivity contribution in [3.8, 4) is 0 Å². The summed E-state index contributed by atoms with van der Waals surface area (Å²) in [5, 5.41) is 4.17. The Bertz CT molecular complexity index is 582. The molecule has 4 rings (SSSR count). The molecule has 1 aromatic rings. The fourth-order valence-electron chi connectivity index (χ4n) is 4.28. The van der Waals surface area contributed by atoms with Gasteiger partial charge in [0.2, 0.25) is 5.91 Å². The Morgan fingerprint density at radius 2 is 1.96 bits per heavy atom. The number of fused-ring (bicyclic) bond motifs is 2. The van der Waals surface area contributed by atoms with Gasteiger partial charge in [-0.25, -0.2) is 5.43 Å². The third-order valence-corrected chi connectivity index (χ3v) is 5.79. The van der Waals surface area contributed by atoms with Crippen LogP contribution in [0.15, 0.2) is 24.3 Å². The first-order valence-electron chi connectivity index (χ1n) is 8.51. The number of halogens is 1. The van der Waals surface area contributed by atoms with Crippen LogP contribution in [-0.4, -0.2) is 42.5 Å². The Labute approximate surface area is 141 Å². The number of amides is 1. The van der Waals surface area contributed by atoms with Crippen LogP contribution in [0.4, 0.5) is 0 Å². The van der Waals surface area contributed by atoms with Gasteiger partial charge in [-0.3, -0.25) is 10.2 Å². The molecule has 0 spiro atoms. The van der Waals surface area contributed by atoms with Gasteiger partial charge in [0, 0.05) is 30.2 Å². The number of nitrogens with zero attached hydrogens (tertiary/aromatic N) is 1. The highest BCUT2D eigenvalue weighted by Crippen LogP contribution is 2.35. The molecule has 1 aromatic carbocycles. The molecular weight excluding hydrogens is 312 g/mol. The maximum atomic E-state index is 13.3. The Kier molecular flexibility index (Phi) is 4.28. The third-order valence-electron chi connectivity index (χ3n) is 5.45. The molecule has 124 valence electrons. The van der Waals surface area contributed by atoms with Gasteiger partial charge in [-0.15, -0.1) is 0 Å². The normalized spacial score (nSPS) is 33.7. The van der Waals surface area contributed by atoms with Crippen LogP contribution in [0.3, 0.4) is 0 Å². The van der Waals surface area contributed by atoms with Crippen molar-refractivity contribution in [2.24, 2.45) is 5.92 Å². The van der Waals surface area contributed by atoms with E-state index in [0.717, 1.165) is 37.9 Å². The van der Waals surface area contributed by atoms with Crippen LogP contribution in [-0.2, 0) is 4.79 Å². The largest absolute Gasteiger partial charge is 0.335 e. The minimum Gasteiger partial charge on any atom is -0.335 e. The molecule has 1 amide bonds. The highest BCUT2D eigenvalue weighted by molar-refractivity contribution is 6.31. The Balaban J connectivity index is 1.59. The van der Waals surface area contributed by atoms with Gasteiger partial charge in [0.05, 0.1) is 12.0 Å². The molecule has 3 aliphatic rings. The van der Waals surface area contributed by atoms with Crippen molar-refractivity contribution in [1.29, 1.82) is 0 Å². The van der Waals surface area contributed by atoms with E-state index in [1.54, 1.807) is 0 Å². The molecule has 3 heterocycles. The van der Waals surface area contributed by atoms with Crippen LogP contribution in [0.5, 0.6) is 0 Å². The second kappa shape index (κ2) is 6.40. The van der Waals surface area contributed by atoms with E-state index in [1.807, 2.05) is 24.3 Å². The van der Waals surface area contributed by atoms with E-state index in [1.165, 1.54) is 0 Å². The molecule has 3 N–H and O–H groups in total. The molecule has 23 heavy (non-hydrogen) atoms. The van der Waals surface area contributed by atoms with Gasteiger partial charge in [0.25, 0.3) is 0 Å². The molecule has 4 atom stereocenters.